The Labute approximate surface area is 123 Å². The highest BCUT2D eigenvalue weighted by molar-refractivity contribution is 5.91. The van der Waals surface area contributed by atoms with Crippen LogP contribution >= 0.6 is 0 Å². The topological polar surface area (TPSA) is 107 Å². The van der Waals surface area contributed by atoms with Gasteiger partial charge in [-0.25, -0.2) is 4.79 Å². The Kier molecular flexibility index (Phi) is 5.17. The standard InChI is InChI=1S/C14H22N2O5/c17-6-5-11(14(20)21)15-13(19)9-7-12(18)16(8-9)10-3-1-2-4-10/h9-11,17H,1-8H2,(H,15,19)(H,20,21). The average molecular weight is 298 g/mol. The summed E-state index contributed by atoms with van der Waals surface area (Å²) in [5.41, 5.74) is 0. The van der Waals surface area contributed by atoms with Gasteiger partial charge in [0.15, 0.2) is 0 Å². The van der Waals surface area contributed by atoms with E-state index in [1.54, 1.807) is 4.90 Å². The van der Waals surface area contributed by atoms with Crippen LogP contribution in [0.4, 0.5) is 0 Å². The largest absolute Gasteiger partial charge is 0.480 e. The highest BCUT2D eigenvalue weighted by Crippen LogP contribution is 2.29. The zero-order valence-corrected chi connectivity index (χ0v) is 12.0. The average Bonchev–Trinajstić information content (AvgIpc) is 3.06. The summed E-state index contributed by atoms with van der Waals surface area (Å²) in [5.74, 6) is -2.09. The molecule has 2 aliphatic rings. The van der Waals surface area contributed by atoms with Crippen LogP contribution in [0.25, 0.3) is 0 Å². The zero-order chi connectivity index (χ0) is 15.4. The summed E-state index contributed by atoms with van der Waals surface area (Å²) in [4.78, 5) is 36.9. The number of carboxylic acid groups (broad SMARTS) is 1. The number of aliphatic hydroxyl groups is 1. The lowest BCUT2D eigenvalue weighted by Gasteiger charge is -2.24. The molecule has 0 aromatic heterocycles. The van der Waals surface area contributed by atoms with Crippen LogP contribution in [0.3, 0.4) is 0 Å². The number of hydrogen-bond donors (Lipinski definition) is 3. The van der Waals surface area contributed by atoms with Crippen molar-refractivity contribution >= 4 is 17.8 Å². The van der Waals surface area contributed by atoms with E-state index in [1.165, 1.54) is 0 Å². The molecule has 2 rings (SSSR count). The highest BCUT2D eigenvalue weighted by atomic mass is 16.4. The zero-order valence-electron chi connectivity index (χ0n) is 12.0. The minimum absolute atomic E-state index is 0.0175. The second-order valence-corrected chi connectivity index (χ2v) is 5.80. The normalized spacial score (nSPS) is 24.3. The van der Waals surface area contributed by atoms with Crippen molar-refractivity contribution in [1.82, 2.24) is 10.2 Å². The van der Waals surface area contributed by atoms with Crippen LogP contribution in [0.2, 0.25) is 0 Å². The number of carbonyl (C=O) groups excluding carboxylic acids is 2. The molecule has 7 nitrogen and oxygen atoms in total. The molecule has 0 bridgehead atoms. The summed E-state index contributed by atoms with van der Waals surface area (Å²) in [6.07, 6.45) is 4.32. The van der Waals surface area contributed by atoms with Gasteiger partial charge in [0.2, 0.25) is 11.8 Å². The highest BCUT2D eigenvalue weighted by Gasteiger charge is 2.39. The van der Waals surface area contributed by atoms with Gasteiger partial charge in [-0.05, 0) is 12.8 Å². The van der Waals surface area contributed by atoms with E-state index < -0.39 is 23.8 Å². The molecule has 2 amide bonds. The quantitative estimate of drug-likeness (QED) is 0.626. The van der Waals surface area contributed by atoms with Crippen molar-refractivity contribution in [2.24, 2.45) is 5.92 Å². The summed E-state index contributed by atoms with van der Waals surface area (Å²) in [6.45, 7) is 0.0653. The van der Waals surface area contributed by atoms with E-state index in [-0.39, 0.29) is 31.4 Å². The minimum atomic E-state index is -1.17. The number of aliphatic hydroxyl groups excluding tert-OH is 1. The number of hydrogen-bond acceptors (Lipinski definition) is 4. The molecule has 1 aliphatic heterocycles. The monoisotopic (exact) mass is 298 g/mol. The number of nitrogens with one attached hydrogen (secondary N) is 1. The third-order valence-electron chi connectivity index (χ3n) is 4.33. The van der Waals surface area contributed by atoms with Gasteiger partial charge in [0, 0.05) is 32.0 Å². The number of rotatable bonds is 6. The number of nitrogens with zero attached hydrogens (tertiary/aromatic N) is 1. The molecule has 1 saturated heterocycles. The first kappa shape index (κ1) is 15.8. The maximum Gasteiger partial charge on any atom is 0.326 e. The van der Waals surface area contributed by atoms with E-state index >= 15 is 0 Å². The molecule has 2 atom stereocenters. The molecule has 1 saturated carbocycles. The van der Waals surface area contributed by atoms with E-state index in [4.69, 9.17) is 10.2 Å². The Balaban J connectivity index is 1.91. The molecule has 118 valence electrons. The van der Waals surface area contributed by atoms with Gasteiger partial charge in [0.25, 0.3) is 0 Å². The van der Waals surface area contributed by atoms with Crippen molar-refractivity contribution in [3.8, 4) is 0 Å². The summed E-state index contributed by atoms with van der Waals surface area (Å²) in [7, 11) is 0. The van der Waals surface area contributed by atoms with E-state index in [9.17, 15) is 14.4 Å². The molecule has 7 heteroatoms. The third kappa shape index (κ3) is 3.72. The van der Waals surface area contributed by atoms with Gasteiger partial charge in [-0.15, -0.1) is 0 Å². The van der Waals surface area contributed by atoms with Gasteiger partial charge < -0.3 is 20.4 Å². The Hall–Kier alpha value is -1.63. The van der Waals surface area contributed by atoms with Gasteiger partial charge in [0.05, 0.1) is 5.92 Å². The van der Waals surface area contributed by atoms with Crippen LogP contribution in [0.15, 0.2) is 0 Å². The van der Waals surface area contributed by atoms with Crippen LogP contribution in [0.5, 0.6) is 0 Å². The van der Waals surface area contributed by atoms with E-state index in [1.807, 2.05) is 0 Å². The molecule has 3 N–H and O–H groups in total. The predicted octanol–water partition coefficient (Wildman–Crippen LogP) is -0.271. The lowest BCUT2D eigenvalue weighted by Crippen LogP contribution is -2.45. The number of carbonyl (C=O) groups is 3. The number of likely N-dealkylation sites (tertiary alicyclic amines) is 1. The Morgan fingerprint density at radius 1 is 1.33 bits per heavy atom. The predicted molar refractivity (Wildman–Crippen MR) is 73.3 cm³/mol. The first-order chi connectivity index (χ1) is 10.0. The molecule has 2 fully saturated rings. The fourth-order valence-electron chi connectivity index (χ4n) is 3.15. The van der Waals surface area contributed by atoms with Crippen molar-refractivity contribution in [3.63, 3.8) is 0 Å². The SMILES string of the molecule is O=C(NC(CCO)C(=O)O)C1CC(=O)N(C2CCCC2)C1. The summed E-state index contributed by atoms with van der Waals surface area (Å²) in [5, 5.41) is 20.2. The maximum absolute atomic E-state index is 12.1. The minimum Gasteiger partial charge on any atom is -0.480 e. The summed E-state index contributed by atoms with van der Waals surface area (Å²) < 4.78 is 0. The van der Waals surface area contributed by atoms with Crippen molar-refractivity contribution in [2.75, 3.05) is 13.2 Å². The van der Waals surface area contributed by atoms with Crippen LogP contribution in [-0.4, -0.2) is 58.1 Å². The molecular formula is C14H22N2O5. The number of carboxylic acids is 1. The number of amides is 2. The van der Waals surface area contributed by atoms with E-state index in [2.05, 4.69) is 5.32 Å². The molecular weight excluding hydrogens is 276 g/mol. The second-order valence-electron chi connectivity index (χ2n) is 5.80. The Morgan fingerprint density at radius 2 is 2.00 bits per heavy atom. The lowest BCUT2D eigenvalue weighted by molar-refractivity contribution is -0.142. The van der Waals surface area contributed by atoms with Crippen molar-refractivity contribution in [2.45, 2.75) is 50.6 Å². The third-order valence-corrected chi connectivity index (χ3v) is 4.33. The van der Waals surface area contributed by atoms with Crippen LogP contribution < -0.4 is 5.32 Å². The molecule has 0 radical (unpaired) electrons. The summed E-state index contributed by atoms with van der Waals surface area (Å²) >= 11 is 0. The molecule has 0 aromatic rings. The van der Waals surface area contributed by atoms with Crippen LogP contribution in [-0.2, 0) is 14.4 Å². The van der Waals surface area contributed by atoms with Crippen molar-refractivity contribution in [3.05, 3.63) is 0 Å². The summed E-state index contributed by atoms with van der Waals surface area (Å²) in [6, 6.07) is -0.860. The van der Waals surface area contributed by atoms with Gasteiger partial charge >= 0.3 is 5.97 Å². The van der Waals surface area contributed by atoms with E-state index in [0.717, 1.165) is 25.7 Å². The molecule has 0 spiro atoms. The fourth-order valence-corrected chi connectivity index (χ4v) is 3.15. The van der Waals surface area contributed by atoms with Crippen molar-refractivity contribution in [1.29, 1.82) is 0 Å². The molecule has 21 heavy (non-hydrogen) atoms. The second kappa shape index (κ2) is 6.89. The van der Waals surface area contributed by atoms with E-state index in [0.29, 0.717) is 6.54 Å². The Bertz CT molecular complexity index is 420. The van der Waals surface area contributed by atoms with Gasteiger partial charge in [-0.3, -0.25) is 9.59 Å². The van der Waals surface area contributed by atoms with Crippen LogP contribution in [0, 0.1) is 5.92 Å². The maximum atomic E-state index is 12.1. The van der Waals surface area contributed by atoms with Crippen molar-refractivity contribution < 1.29 is 24.6 Å². The Morgan fingerprint density at radius 3 is 2.57 bits per heavy atom. The number of aliphatic carboxylic acids is 1. The van der Waals surface area contributed by atoms with Gasteiger partial charge in [0.1, 0.15) is 6.04 Å². The first-order valence-electron chi connectivity index (χ1n) is 7.46. The molecule has 1 aliphatic carbocycles. The fraction of sp³-hybridized carbons (Fsp3) is 0.786. The lowest BCUT2D eigenvalue weighted by atomic mass is 10.1. The molecule has 1 heterocycles. The van der Waals surface area contributed by atoms with Gasteiger partial charge in [-0.2, -0.15) is 0 Å². The first-order valence-corrected chi connectivity index (χ1v) is 7.46. The molecule has 2 unspecified atom stereocenters. The van der Waals surface area contributed by atoms with Gasteiger partial charge in [-0.1, -0.05) is 12.8 Å². The smallest absolute Gasteiger partial charge is 0.326 e. The molecule has 0 aromatic carbocycles. The van der Waals surface area contributed by atoms with Crippen LogP contribution in [0.1, 0.15) is 38.5 Å².